The van der Waals surface area contributed by atoms with E-state index in [0.29, 0.717) is 6.42 Å². The van der Waals surface area contributed by atoms with E-state index in [2.05, 4.69) is 0 Å². The Morgan fingerprint density at radius 3 is 2.64 bits per heavy atom. The number of hydrogen-bond donors (Lipinski definition) is 0. The number of carbonyl (C=O) groups excluding carboxylic acids is 1. The first-order valence-electron chi connectivity index (χ1n) is 5.29. The van der Waals surface area contributed by atoms with Crippen molar-refractivity contribution in [1.82, 2.24) is 0 Å². The number of nitro groups is 1. The van der Waals surface area contributed by atoms with Gasteiger partial charge in [-0.15, -0.1) is 0 Å². The summed E-state index contributed by atoms with van der Waals surface area (Å²) < 4.78 is 0. The van der Waals surface area contributed by atoms with Gasteiger partial charge in [0.25, 0.3) is 0 Å². The molecular weight excluding hydrogens is 182 g/mol. The van der Waals surface area contributed by atoms with Gasteiger partial charge in [-0.25, -0.2) is 0 Å². The predicted octanol–water partition coefficient (Wildman–Crippen LogP) is 2.05. The fourth-order valence-electron chi connectivity index (χ4n) is 2.40. The molecule has 0 saturated heterocycles. The van der Waals surface area contributed by atoms with E-state index in [9.17, 15) is 14.9 Å². The highest BCUT2D eigenvalue weighted by Gasteiger charge is 2.38. The Bertz CT molecular complexity index is 217. The zero-order chi connectivity index (χ0) is 10.6. The van der Waals surface area contributed by atoms with E-state index in [1.54, 1.807) is 0 Å². The lowest BCUT2D eigenvalue weighted by atomic mass is 9.76. The summed E-state index contributed by atoms with van der Waals surface area (Å²) in [5, 5.41) is 10.8. The number of aldehydes is 1. The van der Waals surface area contributed by atoms with Gasteiger partial charge >= 0.3 is 0 Å². The first-order chi connectivity index (χ1) is 6.70. The second kappa shape index (κ2) is 5.08. The largest absolute Gasteiger partial charge is 0.303 e. The van der Waals surface area contributed by atoms with Crippen LogP contribution in [0.5, 0.6) is 0 Å². The minimum Gasteiger partial charge on any atom is -0.303 e. The van der Waals surface area contributed by atoms with Gasteiger partial charge in [0.05, 0.1) is 0 Å². The minimum atomic E-state index is -0.487. The molecule has 80 valence electrons. The van der Waals surface area contributed by atoms with Crippen molar-refractivity contribution in [3.05, 3.63) is 10.1 Å². The first kappa shape index (κ1) is 11.1. The van der Waals surface area contributed by atoms with Gasteiger partial charge in [0.1, 0.15) is 6.29 Å². The van der Waals surface area contributed by atoms with Gasteiger partial charge in [-0.2, -0.15) is 0 Å². The summed E-state index contributed by atoms with van der Waals surface area (Å²) in [4.78, 5) is 21.4. The molecule has 0 aromatic rings. The van der Waals surface area contributed by atoms with Crippen molar-refractivity contribution < 1.29 is 9.72 Å². The Labute approximate surface area is 83.8 Å². The lowest BCUT2D eigenvalue weighted by molar-refractivity contribution is -0.537. The molecule has 0 aromatic carbocycles. The van der Waals surface area contributed by atoms with Crippen LogP contribution in [0.3, 0.4) is 0 Å². The molecule has 14 heavy (non-hydrogen) atoms. The molecule has 1 rings (SSSR count). The Balaban J connectivity index is 2.70. The van der Waals surface area contributed by atoms with Crippen molar-refractivity contribution in [2.75, 3.05) is 0 Å². The van der Waals surface area contributed by atoms with Crippen LogP contribution in [-0.4, -0.2) is 17.3 Å². The van der Waals surface area contributed by atoms with E-state index in [-0.39, 0.29) is 16.8 Å². The molecule has 3 atom stereocenters. The van der Waals surface area contributed by atoms with Crippen molar-refractivity contribution in [2.24, 2.45) is 11.8 Å². The van der Waals surface area contributed by atoms with E-state index < -0.39 is 6.04 Å². The Hall–Kier alpha value is -0.930. The third-order valence-electron chi connectivity index (χ3n) is 3.25. The number of rotatable bonds is 4. The van der Waals surface area contributed by atoms with E-state index in [0.717, 1.165) is 32.0 Å². The van der Waals surface area contributed by atoms with Crippen LogP contribution in [0.15, 0.2) is 0 Å². The molecule has 0 unspecified atom stereocenters. The van der Waals surface area contributed by atoms with Crippen molar-refractivity contribution in [1.29, 1.82) is 0 Å². The van der Waals surface area contributed by atoms with Gasteiger partial charge in [0, 0.05) is 23.2 Å². The van der Waals surface area contributed by atoms with Gasteiger partial charge in [0.2, 0.25) is 6.04 Å². The van der Waals surface area contributed by atoms with Crippen LogP contribution < -0.4 is 0 Å². The van der Waals surface area contributed by atoms with Crippen molar-refractivity contribution in [3.8, 4) is 0 Å². The standard InChI is InChI=1S/C10H17NO3/c1-2-8(7-12)9-5-3-4-6-10(9)11(13)14/h7-10H,2-6H2,1H3/t8-,9+,10+/m1/s1. The molecule has 0 bridgehead atoms. The van der Waals surface area contributed by atoms with Crippen LogP contribution in [0.4, 0.5) is 0 Å². The minimum absolute atomic E-state index is 0.0266. The monoisotopic (exact) mass is 199 g/mol. The maximum atomic E-state index is 10.8. The smallest absolute Gasteiger partial charge is 0.216 e. The van der Waals surface area contributed by atoms with Crippen molar-refractivity contribution in [2.45, 2.75) is 45.1 Å². The van der Waals surface area contributed by atoms with E-state index in [1.165, 1.54) is 0 Å². The quantitative estimate of drug-likeness (QED) is 0.395. The van der Waals surface area contributed by atoms with Gasteiger partial charge < -0.3 is 4.79 Å². The molecule has 1 aliphatic carbocycles. The molecule has 1 aliphatic rings. The van der Waals surface area contributed by atoms with Crippen LogP contribution in [0.1, 0.15) is 39.0 Å². The normalized spacial score (nSPS) is 29.5. The summed E-state index contributed by atoms with van der Waals surface area (Å²) in [5.74, 6) is -0.146. The maximum Gasteiger partial charge on any atom is 0.216 e. The van der Waals surface area contributed by atoms with Gasteiger partial charge in [-0.3, -0.25) is 10.1 Å². The third kappa shape index (κ3) is 2.30. The Morgan fingerprint density at radius 1 is 1.50 bits per heavy atom. The number of carbonyl (C=O) groups is 1. The lowest BCUT2D eigenvalue weighted by Gasteiger charge is -2.28. The van der Waals surface area contributed by atoms with Gasteiger partial charge in [-0.05, 0) is 19.3 Å². The molecule has 1 saturated carbocycles. The zero-order valence-corrected chi connectivity index (χ0v) is 8.52. The molecule has 4 nitrogen and oxygen atoms in total. The highest BCUT2D eigenvalue weighted by atomic mass is 16.6. The predicted molar refractivity (Wildman–Crippen MR) is 52.6 cm³/mol. The molecule has 1 fully saturated rings. The van der Waals surface area contributed by atoms with Gasteiger partial charge in [-0.1, -0.05) is 13.3 Å². The summed E-state index contributed by atoms with van der Waals surface area (Å²) in [6.07, 6.45) is 5.05. The van der Waals surface area contributed by atoms with Crippen molar-refractivity contribution >= 4 is 6.29 Å². The van der Waals surface area contributed by atoms with E-state index in [4.69, 9.17) is 0 Å². The summed E-state index contributed by atoms with van der Waals surface area (Å²) in [7, 11) is 0. The van der Waals surface area contributed by atoms with Crippen molar-refractivity contribution in [3.63, 3.8) is 0 Å². The third-order valence-corrected chi connectivity index (χ3v) is 3.25. The first-order valence-corrected chi connectivity index (χ1v) is 5.29. The molecular formula is C10H17NO3. The molecule has 4 heteroatoms. The molecule has 0 heterocycles. The second-order valence-electron chi connectivity index (χ2n) is 4.01. The SMILES string of the molecule is CC[C@H](C=O)[C@@H]1CCCC[C@@H]1[N+](=O)[O-]. The molecule has 0 aliphatic heterocycles. The van der Waals surface area contributed by atoms with E-state index in [1.807, 2.05) is 6.92 Å². The average Bonchev–Trinajstić information content (AvgIpc) is 2.20. The highest BCUT2D eigenvalue weighted by Crippen LogP contribution is 2.32. The zero-order valence-electron chi connectivity index (χ0n) is 8.52. The van der Waals surface area contributed by atoms with Crippen LogP contribution in [0.2, 0.25) is 0 Å². The molecule has 0 amide bonds. The summed E-state index contributed by atoms with van der Waals surface area (Å²) in [6.45, 7) is 1.92. The summed E-state index contributed by atoms with van der Waals surface area (Å²) in [6, 6.07) is -0.487. The Kier molecular flexibility index (Phi) is 4.04. The highest BCUT2D eigenvalue weighted by molar-refractivity contribution is 5.54. The van der Waals surface area contributed by atoms with Gasteiger partial charge in [0.15, 0.2) is 0 Å². The maximum absolute atomic E-state index is 10.8. The lowest BCUT2D eigenvalue weighted by Crippen LogP contribution is -2.37. The summed E-state index contributed by atoms with van der Waals surface area (Å²) in [5.41, 5.74) is 0. The van der Waals surface area contributed by atoms with Crippen LogP contribution in [0.25, 0.3) is 0 Å². The molecule has 0 aromatic heterocycles. The summed E-state index contributed by atoms with van der Waals surface area (Å²) >= 11 is 0. The Morgan fingerprint density at radius 2 is 2.14 bits per heavy atom. The van der Waals surface area contributed by atoms with Crippen LogP contribution >= 0.6 is 0 Å². The molecule has 0 N–H and O–H groups in total. The van der Waals surface area contributed by atoms with Crippen LogP contribution in [0, 0.1) is 22.0 Å². The fraction of sp³-hybridized carbons (Fsp3) is 0.900. The fourth-order valence-corrected chi connectivity index (χ4v) is 2.40. The number of hydrogen-bond acceptors (Lipinski definition) is 3. The molecule has 0 radical (unpaired) electrons. The topological polar surface area (TPSA) is 60.2 Å². The number of nitrogens with zero attached hydrogens (tertiary/aromatic N) is 1. The van der Waals surface area contributed by atoms with Crippen LogP contribution in [-0.2, 0) is 4.79 Å². The average molecular weight is 199 g/mol. The van der Waals surface area contributed by atoms with E-state index >= 15 is 0 Å². The molecule has 0 spiro atoms. The second-order valence-corrected chi connectivity index (χ2v) is 4.01.